The van der Waals surface area contributed by atoms with Crippen LogP contribution in [0, 0.1) is 0 Å². The molecule has 1 aliphatic carbocycles. The van der Waals surface area contributed by atoms with E-state index >= 15 is 0 Å². The monoisotopic (exact) mass is 463 g/mol. The number of anilines is 1. The standard InChI is InChI=1S/C23H25N7O4/c31-20-10-16(11-25-20)34-23(32)27-14-5-8-29(13-14)19-6-9-30-21(28-19)18(12-26-30)17-2-1-7-24-22(17)33-15-3-4-15/h1-2,6-7,9,12,14-16H,3-5,8,10-11,13H2,(H,25,31)(H,27,32)/t14-,16-/m0/s1. The van der Waals surface area contributed by atoms with Crippen molar-refractivity contribution in [2.24, 2.45) is 0 Å². The van der Waals surface area contributed by atoms with Gasteiger partial charge in [-0.25, -0.2) is 19.3 Å². The quantitative estimate of drug-likeness (QED) is 0.564. The molecule has 0 spiro atoms. The molecule has 0 aromatic carbocycles. The fourth-order valence-corrected chi connectivity index (χ4v) is 4.36. The molecule has 3 aromatic rings. The molecule has 5 heterocycles. The molecule has 176 valence electrons. The Morgan fingerprint density at radius 2 is 2.09 bits per heavy atom. The molecule has 3 aromatic heterocycles. The van der Waals surface area contributed by atoms with Gasteiger partial charge in [0.15, 0.2) is 5.65 Å². The summed E-state index contributed by atoms with van der Waals surface area (Å²) in [6, 6.07) is 5.73. The molecule has 2 atom stereocenters. The number of hydrogen-bond acceptors (Lipinski definition) is 8. The van der Waals surface area contributed by atoms with E-state index in [1.54, 1.807) is 16.9 Å². The van der Waals surface area contributed by atoms with Gasteiger partial charge in [-0.15, -0.1) is 0 Å². The Morgan fingerprint density at radius 1 is 1.18 bits per heavy atom. The van der Waals surface area contributed by atoms with Crippen molar-refractivity contribution in [1.82, 2.24) is 30.2 Å². The van der Waals surface area contributed by atoms with Crippen molar-refractivity contribution >= 4 is 23.5 Å². The predicted molar refractivity (Wildman–Crippen MR) is 122 cm³/mol. The summed E-state index contributed by atoms with van der Waals surface area (Å²) in [6.45, 7) is 1.74. The van der Waals surface area contributed by atoms with E-state index in [1.807, 2.05) is 24.4 Å². The number of amides is 2. The van der Waals surface area contributed by atoms with Gasteiger partial charge in [-0.05, 0) is 37.5 Å². The molecule has 0 unspecified atom stereocenters. The summed E-state index contributed by atoms with van der Waals surface area (Å²) in [7, 11) is 0. The first-order chi connectivity index (χ1) is 16.6. The number of nitrogens with one attached hydrogen (secondary N) is 2. The molecule has 6 rings (SSSR count). The lowest BCUT2D eigenvalue weighted by atomic mass is 10.1. The van der Waals surface area contributed by atoms with Crippen LogP contribution in [-0.2, 0) is 9.53 Å². The Hall–Kier alpha value is -3.89. The van der Waals surface area contributed by atoms with Crippen molar-refractivity contribution < 1.29 is 19.1 Å². The minimum absolute atomic E-state index is 0.0585. The number of rotatable bonds is 6. The Kier molecular flexibility index (Phi) is 5.16. The summed E-state index contributed by atoms with van der Waals surface area (Å²) < 4.78 is 13.1. The van der Waals surface area contributed by atoms with E-state index < -0.39 is 12.2 Å². The van der Waals surface area contributed by atoms with E-state index in [0.717, 1.165) is 48.4 Å². The normalized spacial score (nSPS) is 22.1. The van der Waals surface area contributed by atoms with E-state index in [9.17, 15) is 9.59 Å². The van der Waals surface area contributed by atoms with E-state index in [1.165, 1.54) is 0 Å². The van der Waals surface area contributed by atoms with Gasteiger partial charge in [0.05, 0.1) is 30.8 Å². The highest BCUT2D eigenvalue weighted by molar-refractivity contribution is 5.81. The van der Waals surface area contributed by atoms with Crippen LogP contribution in [0.15, 0.2) is 36.8 Å². The minimum atomic E-state index is -0.491. The first-order valence-electron chi connectivity index (χ1n) is 11.6. The highest BCUT2D eigenvalue weighted by atomic mass is 16.6. The van der Waals surface area contributed by atoms with Gasteiger partial charge in [0.2, 0.25) is 11.8 Å². The Balaban J connectivity index is 1.16. The Morgan fingerprint density at radius 3 is 2.91 bits per heavy atom. The van der Waals surface area contributed by atoms with Gasteiger partial charge in [0, 0.05) is 31.0 Å². The molecule has 11 heteroatoms. The number of fused-ring (bicyclic) bond motifs is 1. The van der Waals surface area contributed by atoms with E-state index in [-0.39, 0.29) is 24.5 Å². The molecule has 1 saturated carbocycles. The molecule has 34 heavy (non-hydrogen) atoms. The van der Waals surface area contributed by atoms with Crippen molar-refractivity contribution in [3.8, 4) is 17.0 Å². The zero-order valence-corrected chi connectivity index (χ0v) is 18.5. The predicted octanol–water partition coefficient (Wildman–Crippen LogP) is 1.53. The summed E-state index contributed by atoms with van der Waals surface area (Å²) >= 11 is 0. The van der Waals surface area contributed by atoms with Gasteiger partial charge >= 0.3 is 6.09 Å². The fourth-order valence-electron chi connectivity index (χ4n) is 4.36. The van der Waals surface area contributed by atoms with Crippen LogP contribution in [0.2, 0.25) is 0 Å². The van der Waals surface area contributed by atoms with Crippen LogP contribution in [0.25, 0.3) is 16.8 Å². The number of aromatic nitrogens is 4. The lowest BCUT2D eigenvalue weighted by Gasteiger charge is -2.19. The Bertz CT molecular complexity index is 1240. The average molecular weight is 463 g/mol. The van der Waals surface area contributed by atoms with Crippen LogP contribution in [0.4, 0.5) is 10.6 Å². The molecule has 0 bridgehead atoms. The van der Waals surface area contributed by atoms with E-state index in [0.29, 0.717) is 19.0 Å². The average Bonchev–Trinajstić information content (AvgIpc) is 3.19. The van der Waals surface area contributed by atoms with Gasteiger partial charge in [-0.1, -0.05) is 0 Å². The topological polar surface area (TPSA) is 123 Å². The molecule has 2 N–H and O–H groups in total. The number of alkyl carbamates (subject to hydrolysis) is 1. The van der Waals surface area contributed by atoms with Crippen LogP contribution in [0.3, 0.4) is 0 Å². The largest absolute Gasteiger partial charge is 0.474 e. The molecule has 3 aliphatic rings. The second-order valence-corrected chi connectivity index (χ2v) is 8.90. The van der Waals surface area contributed by atoms with Gasteiger partial charge in [-0.3, -0.25) is 4.79 Å². The van der Waals surface area contributed by atoms with Gasteiger partial charge in [0.1, 0.15) is 18.0 Å². The maximum absolute atomic E-state index is 12.2. The van der Waals surface area contributed by atoms with Crippen molar-refractivity contribution in [1.29, 1.82) is 0 Å². The second kappa shape index (κ2) is 8.47. The van der Waals surface area contributed by atoms with E-state index in [4.69, 9.17) is 14.5 Å². The number of pyridine rings is 1. The third kappa shape index (κ3) is 4.20. The summed E-state index contributed by atoms with van der Waals surface area (Å²) in [6.07, 6.45) is 7.85. The summed E-state index contributed by atoms with van der Waals surface area (Å²) in [5.74, 6) is 1.32. The minimum Gasteiger partial charge on any atom is -0.474 e. The van der Waals surface area contributed by atoms with Crippen molar-refractivity contribution in [3.05, 3.63) is 36.8 Å². The van der Waals surface area contributed by atoms with Crippen molar-refractivity contribution in [2.45, 2.75) is 43.9 Å². The molecule has 3 fully saturated rings. The lowest BCUT2D eigenvalue weighted by Crippen LogP contribution is -2.39. The molecule has 11 nitrogen and oxygen atoms in total. The van der Waals surface area contributed by atoms with Crippen molar-refractivity contribution in [3.63, 3.8) is 0 Å². The van der Waals surface area contributed by atoms with Crippen LogP contribution in [-0.4, -0.2) is 69.5 Å². The first-order valence-corrected chi connectivity index (χ1v) is 11.6. The van der Waals surface area contributed by atoms with Crippen LogP contribution in [0.5, 0.6) is 5.88 Å². The molecule has 2 saturated heterocycles. The van der Waals surface area contributed by atoms with Crippen molar-refractivity contribution in [2.75, 3.05) is 24.5 Å². The Labute approximate surface area is 195 Å². The SMILES string of the molecule is O=C1C[C@H](OC(=O)N[C@H]2CCN(c3ccn4ncc(-c5cccnc5OC5CC5)c4n3)C2)CN1. The number of carbonyl (C=O) groups is 2. The van der Waals surface area contributed by atoms with Gasteiger partial charge in [0.25, 0.3) is 0 Å². The summed E-state index contributed by atoms with van der Waals surface area (Å²) in [5.41, 5.74) is 2.46. The molecular formula is C23H25N7O4. The number of carbonyl (C=O) groups excluding carboxylic acids is 2. The van der Waals surface area contributed by atoms with Gasteiger partial charge < -0.3 is 25.0 Å². The highest BCUT2D eigenvalue weighted by Gasteiger charge is 2.29. The maximum atomic E-state index is 12.2. The zero-order chi connectivity index (χ0) is 23.1. The third-order valence-corrected chi connectivity index (χ3v) is 6.27. The van der Waals surface area contributed by atoms with E-state index in [2.05, 4.69) is 25.6 Å². The zero-order valence-electron chi connectivity index (χ0n) is 18.5. The van der Waals surface area contributed by atoms with Gasteiger partial charge in [-0.2, -0.15) is 5.10 Å². The number of nitrogens with zero attached hydrogens (tertiary/aromatic N) is 5. The second-order valence-electron chi connectivity index (χ2n) is 8.90. The number of hydrogen-bond donors (Lipinski definition) is 2. The highest BCUT2D eigenvalue weighted by Crippen LogP contribution is 2.35. The first kappa shape index (κ1) is 20.7. The van der Waals surface area contributed by atoms with Crippen LogP contribution >= 0.6 is 0 Å². The lowest BCUT2D eigenvalue weighted by molar-refractivity contribution is -0.119. The molecule has 0 radical (unpaired) electrons. The summed E-state index contributed by atoms with van der Waals surface area (Å²) in [4.78, 5) is 35.0. The molecule has 2 amide bonds. The third-order valence-electron chi connectivity index (χ3n) is 6.27. The van der Waals surface area contributed by atoms with Crippen LogP contribution in [0.1, 0.15) is 25.7 Å². The molecular weight excluding hydrogens is 438 g/mol. The molecule has 2 aliphatic heterocycles. The van der Waals surface area contributed by atoms with Crippen LogP contribution < -0.4 is 20.3 Å². The smallest absolute Gasteiger partial charge is 0.407 e. The maximum Gasteiger partial charge on any atom is 0.407 e. The fraction of sp³-hybridized carbons (Fsp3) is 0.435. The number of ether oxygens (including phenoxy) is 2. The summed E-state index contributed by atoms with van der Waals surface area (Å²) in [5, 5.41) is 10.0.